The van der Waals surface area contributed by atoms with Crippen LogP contribution in [-0.2, 0) is 0 Å². The normalized spacial score (nSPS) is 21.6. The van der Waals surface area contributed by atoms with E-state index in [4.69, 9.17) is 5.11 Å². The fourth-order valence-corrected chi connectivity index (χ4v) is 1.69. The summed E-state index contributed by atoms with van der Waals surface area (Å²) in [7, 11) is 0. The summed E-state index contributed by atoms with van der Waals surface area (Å²) < 4.78 is 13.3. The third kappa shape index (κ3) is 2.01. The maximum atomic E-state index is 13.3. The molecule has 0 bridgehead atoms. The van der Waals surface area contributed by atoms with Gasteiger partial charge < -0.3 is 10.4 Å². The molecule has 1 saturated carbocycles. The summed E-state index contributed by atoms with van der Waals surface area (Å²) in [4.78, 5) is 10.6. The smallest absolute Gasteiger partial charge is 0.338 e. The van der Waals surface area contributed by atoms with Gasteiger partial charge in [0.05, 0.1) is 5.56 Å². The lowest BCUT2D eigenvalue weighted by Crippen LogP contribution is -2.09. The van der Waals surface area contributed by atoms with Crippen molar-refractivity contribution in [2.45, 2.75) is 26.3 Å². The summed E-state index contributed by atoms with van der Waals surface area (Å²) in [6.45, 7) is 4.26. The predicted molar refractivity (Wildman–Crippen MR) is 59.2 cm³/mol. The molecule has 3 nitrogen and oxygen atoms in total. The standard InChI is InChI=1S/C12H14FNO2/c1-12(2)6-10(12)14-7-3-4-8(11(15)16)9(13)5-7/h3-5,10,14H,6H2,1-2H3,(H,15,16). The van der Waals surface area contributed by atoms with Crippen molar-refractivity contribution in [1.29, 1.82) is 0 Å². The van der Waals surface area contributed by atoms with E-state index in [1.807, 2.05) is 0 Å². The van der Waals surface area contributed by atoms with Crippen LogP contribution in [0.15, 0.2) is 18.2 Å². The molecular weight excluding hydrogens is 209 g/mol. The Morgan fingerprint density at radius 3 is 2.62 bits per heavy atom. The lowest BCUT2D eigenvalue weighted by molar-refractivity contribution is 0.0692. The van der Waals surface area contributed by atoms with Crippen molar-refractivity contribution < 1.29 is 14.3 Å². The van der Waals surface area contributed by atoms with Crippen LogP contribution in [0, 0.1) is 11.2 Å². The van der Waals surface area contributed by atoms with Gasteiger partial charge in [-0.3, -0.25) is 0 Å². The Morgan fingerprint density at radius 2 is 2.19 bits per heavy atom. The number of carbonyl (C=O) groups is 1. The molecule has 86 valence electrons. The zero-order valence-corrected chi connectivity index (χ0v) is 9.25. The van der Waals surface area contributed by atoms with E-state index in [-0.39, 0.29) is 11.0 Å². The number of carboxylic acid groups (broad SMARTS) is 1. The van der Waals surface area contributed by atoms with E-state index >= 15 is 0 Å². The van der Waals surface area contributed by atoms with Gasteiger partial charge in [-0.05, 0) is 30.0 Å². The van der Waals surface area contributed by atoms with Crippen molar-refractivity contribution in [1.82, 2.24) is 0 Å². The summed E-state index contributed by atoms with van der Waals surface area (Å²) in [6, 6.07) is 4.47. The van der Waals surface area contributed by atoms with Gasteiger partial charge in [-0.15, -0.1) is 0 Å². The monoisotopic (exact) mass is 223 g/mol. The minimum Gasteiger partial charge on any atom is -0.478 e. The molecule has 1 aromatic rings. The molecule has 0 spiro atoms. The average molecular weight is 223 g/mol. The summed E-state index contributed by atoms with van der Waals surface area (Å²) >= 11 is 0. The zero-order valence-electron chi connectivity index (χ0n) is 9.25. The van der Waals surface area contributed by atoms with Crippen LogP contribution in [0.1, 0.15) is 30.6 Å². The molecule has 1 aromatic carbocycles. The molecule has 0 saturated heterocycles. The SMILES string of the molecule is CC1(C)CC1Nc1ccc(C(=O)O)c(F)c1. The van der Waals surface area contributed by atoms with Gasteiger partial charge >= 0.3 is 5.97 Å². The number of aromatic carboxylic acids is 1. The van der Waals surface area contributed by atoms with Gasteiger partial charge in [0, 0.05) is 11.7 Å². The Labute approximate surface area is 93.3 Å². The van der Waals surface area contributed by atoms with Crippen molar-refractivity contribution in [3.05, 3.63) is 29.6 Å². The van der Waals surface area contributed by atoms with Crippen molar-refractivity contribution in [2.75, 3.05) is 5.32 Å². The van der Waals surface area contributed by atoms with Crippen LogP contribution in [0.5, 0.6) is 0 Å². The summed E-state index contributed by atoms with van der Waals surface area (Å²) in [5.41, 5.74) is 0.598. The molecule has 0 radical (unpaired) electrons. The first-order valence-corrected chi connectivity index (χ1v) is 5.19. The maximum absolute atomic E-state index is 13.3. The molecule has 0 amide bonds. The second kappa shape index (κ2) is 3.47. The summed E-state index contributed by atoms with van der Waals surface area (Å²) in [6.07, 6.45) is 1.05. The van der Waals surface area contributed by atoms with Gasteiger partial charge in [-0.1, -0.05) is 13.8 Å². The first kappa shape index (κ1) is 10.9. The topological polar surface area (TPSA) is 49.3 Å². The first-order chi connectivity index (χ1) is 7.40. The lowest BCUT2D eigenvalue weighted by atomic mass is 10.1. The second-order valence-electron chi connectivity index (χ2n) is 4.89. The van der Waals surface area contributed by atoms with E-state index in [0.29, 0.717) is 11.7 Å². The highest BCUT2D eigenvalue weighted by Gasteiger charge is 2.45. The number of halogens is 1. The van der Waals surface area contributed by atoms with E-state index < -0.39 is 11.8 Å². The van der Waals surface area contributed by atoms with Crippen molar-refractivity contribution in [3.63, 3.8) is 0 Å². The van der Waals surface area contributed by atoms with Gasteiger partial charge in [0.2, 0.25) is 0 Å². The zero-order chi connectivity index (χ0) is 11.9. The molecule has 2 rings (SSSR count). The number of hydrogen-bond acceptors (Lipinski definition) is 2. The maximum Gasteiger partial charge on any atom is 0.338 e. The van der Waals surface area contributed by atoms with E-state index in [0.717, 1.165) is 6.42 Å². The highest BCUT2D eigenvalue weighted by Crippen LogP contribution is 2.46. The molecule has 2 N–H and O–H groups in total. The van der Waals surface area contributed by atoms with E-state index in [1.54, 1.807) is 6.07 Å². The molecule has 16 heavy (non-hydrogen) atoms. The molecule has 1 unspecified atom stereocenters. The van der Waals surface area contributed by atoms with E-state index in [1.165, 1.54) is 12.1 Å². The first-order valence-electron chi connectivity index (χ1n) is 5.19. The van der Waals surface area contributed by atoms with Crippen LogP contribution in [0.25, 0.3) is 0 Å². The van der Waals surface area contributed by atoms with Crippen LogP contribution in [0.4, 0.5) is 10.1 Å². The number of anilines is 1. The Morgan fingerprint density at radius 1 is 1.56 bits per heavy atom. The minimum absolute atomic E-state index is 0.252. The van der Waals surface area contributed by atoms with Gasteiger partial charge in [0.15, 0.2) is 0 Å². The van der Waals surface area contributed by atoms with Gasteiger partial charge in [0.25, 0.3) is 0 Å². The Balaban J connectivity index is 2.13. The van der Waals surface area contributed by atoms with Crippen LogP contribution >= 0.6 is 0 Å². The number of nitrogens with one attached hydrogen (secondary N) is 1. The highest BCUT2D eigenvalue weighted by atomic mass is 19.1. The van der Waals surface area contributed by atoms with E-state index in [2.05, 4.69) is 19.2 Å². The van der Waals surface area contributed by atoms with Gasteiger partial charge in [0.1, 0.15) is 5.82 Å². The van der Waals surface area contributed by atoms with E-state index in [9.17, 15) is 9.18 Å². The lowest BCUT2D eigenvalue weighted by Gasteiger charge is -2.08. The molecule has 4 heteroatoms. The van der Waals surface area contributed by atoms with Gasteiger partial charge in [-0.25, -0.2) is 9.18 Å². The summed E-state index contributed by atoms with van der Waals surface area (Å²) in [5.74, 6) is -1.94. The fourth-order valence-electron chi connectivity index (χ4n) is 1.69. The van der Waals surface area contributed by atoms with Crippen molar-refractivity contribution in [3.8, 4) is 0 Å². The van der Waals surface area contributed by atoms with Crippen molar-refractivity contribution >= 4 is 11.7 Å². The molecule has 0 heterocycles. The Kier molecular flexibility index (Phi) is 2.37. The molecule has 1 aliphatic carbocycles. The van der Waals surface area contributed by atoms with Crippen LogP contribution in [0.2, 0.25) is 0 Å². The number of hydrogen-bond donors (Lipinski definition) is 2. The third-order valence-electron chi connectivity index (χ3n) is 3.05. The molecular formula is C12H14FNO2. The fraction of sp³-hybridized carbons (Fsp3) is 0.417. The third-order valence-corrected chi connectivity index (χ3v) is 3.05. The largest absolute Gasteiger partial charge is 0.478 e. The molecule has 1 fully saturated rings. The van der Waals surface area contributed by atoms with Crippen molar-refractivity contribution in [2.24, 2.45) is 5.41 Å². The van der Waals surface area contributed by atoms with Crippen LogP contribution < -0.4 is 5.32 Å². The van der Waals surface area contributed by atoms with Crippen LogP contribution in [-0.4, -0.2) is 17.1 Å². The Hall–Kier alpha value is -1.58. The highest BCUT2D eigenvalue weighted by molar-refractivity contribution is 5.88. The Bertz CT molecular complexity index is 443. The van der Waals surface area contributed by atoms with Crippen LogP contribution in [0.3, 0.4) is 0 Å². The number of rotatable bonds is 3. The molecule has 0 aliphatic heterocycles. The number of benzene rings is 1. The predicted octanol–water partition coefficient (Wildman–Crippen LogP) is 2.73. The minimum atomic E-state index is -1.24. The number of carboxylic acids is 1. The second-order valence-corrected chi connectivity index (χ2v) is 4.89. The molecule has 1 atom stereocenters. The summed E-state index contributed by atoms with van der Waals surface area (Å²) in [5, 5.41) is 11.9. The van der Waals surface area contributed by atoms with Gasteiger partial charge in [-0.2, -0.15) is 0 Å². The quantitative estimate of drug-likeness (QED) is 0.828. The molecule has 0 aromatic heterocycles. The average Bonchev–Trinajstić information content (AvgIpc) is 2.72. The molecule has 1 aliphatic rings.